The molecule has 0 aliphatic carbocycles. The van der Waals surface area contributed by atoms with Crippen LogP contribution in [0.2, 0.25) is 0 Å². The highest BCUT2D eigenvalue weighted by Crippen LogP contribution is 2.42. The fourth-order valence-electron chi connectivity index (χ4n) is 5.37. The van der Waals surface area contributed by atoms with Gasteiger partial charge in [0.25, 0.3) is 0 Å². The van der Waals surface area contributed by atoms with Gasteiger partial charge in [0, 0.05) is 17.5 Å². The summed E-state index contributed by atoms with van der Waals surface area (Å²) >= 11 is 0. The molecule has 0 saturated heterocycles. The van der Waals surface area contributed by atoms with E-state index in [0.29, 0.717) is 92.3 Å². The molecule has 0 spiro atoms. The van der Waals surface area contributed by atoms with Crippen molar-refractivity contribution in [2.45, 2.75) is 104 Å². The van der Waals surface area contributed by atoms with E-state index in [9.17, 15) is 19.5 Å². The number of esters is 1. The van der Waals surface area contributed by atoms with Crippen molar-refractivity contribution >= 4 is 17.5 Å². The van der Waals surface area contributed by atoms with Crippen LogP contribution in [-0.4, -0.2) is 48.1 Å². The second-order valence-electron chi connectivity index (χ2n) is 11.1. The summed E-state index contributed by atoms with van der Waals surface area (Å²) in [6.45, 7) is 10.5. The van der Waals surface area contributed by atoms with E-state index >= 15 is 0 Å². The van der Waals surface area contributed by atoms with Crippen molar-refractivity contribution in [3.05, 3.63) is 46.5 Å². The standard InChI is InChI=1S/C34H46O8/c1-6-12-26-29(17-15-24(23(4)35)32(26)38)40-20-10-9-19-34(5)22-28(36)25-16-18-30(27(13-7-2)33(25)42-34)41-21-11-14-31(37)39-8-3/h15-18,38H,6-14,19-22H2,1-5H3. The Hall–Kier alpha value is -3.55. The number of benzene rings is 2. The summed E-state index contributed by atoms with van der Waals surface area (Å²) in [6, 6.07) is 6.99. The molecule has 0 saturated carbocycles. The molecule has 1 N–H and O–H groups in total. The summed E-state index contributed by atoms with van der Waals surface area (Å²) in [4.78, 5) is 36.7. The Morgan fingerprint density at radius 2 is 1.57 bits per heavy atom. The molecule has 1 atom stereocenters. The number of ether oxygens (including phenoxy) is 4. The predicted molar refractivity (Wildman–Crippen MR) is 161 cm³/mol. The monoisotopic (exact) mass is 582 g/mol. The summed E-state index contributed by atoms with van der Waals surface area (Å²) in [5, 5.41) is 10.6. The average molecular weight is 583 g/mol. The van der Waals surface area contributed by atoms with Crippen molar-refractivity contribution in [1.82, 2.24) is 0 Å². The molecule has 0 aromatic heterocycles. The Morgan fingerprint density at radius 1 is 0.929 bits per heavy atom. The van der Waals surface area contributed by atoms with Gasteiger partial charge in [0.05, 0.1) is 37.4 Å². The molecular formula is C34H46O8. The Kier molecular flexibility index (Phi) is 12.3. The van der Waals surface area contributed by atoms with E-state index in [0.717, 1.165) is 31.2 Å². The molecule has 0 fully saturated rings. The van der Waals surface area contributed by atoms with E-state index in [-0.39, 0.29) is 23.3 Å². The number of phenols is 1. The SMILES string of the molecule is CCCc1c(OCCCCC2(C)CC(=O)c3ccc(OCCCC(=O)OCC)c(CCC)c3O2)ccc(C(C)=O)c1O. The van der Waals surface area contributed by atoms with Crippen LogP contribution in [0.3, 0.4) is 0 Å². The summed E-state index contributed by atoms with van der Waals surface area (Å²) in [5.74, 6) is 1.55. The topological polar surface area (TPSA) is 108 Å². The van der Waals surface area contributed by atoms with Gasteiger partial charge in [-0.15, -0.1) is 0 Å². The number of Topliss-reactive ketones (excluding diaryl/α,β-unsaturated/α-hetero) is 2. The Labute approximate surface area is 249 Å². The number of ketones is 2. The van der Waals surface area contributed by atoms with Crippen LogP contribution in [0.25, 0.3) is 0 Å². The van der Waals surface area contributed by atoms with E-state index < -0.39 is 5.60 Å². The molecule has 1 aliphatic rings. The Bertz CT molecular complexity index is 1250. The van der Waals surface area contributed by atoms with Gasteiger partial charge >= 0.3 is 5.97 Å². The lowest BCUT2D eigenvalue weighted by Crippen LogP contribution is -2.39. The van der Waals surface area contributed by atoms with Gasteiger partial charge in [-0.3, -0.25) is 14.4 Å². The van der Waals surface area contributed by atoms with E-state index in [1.165, 1.54) is 6.92 Å². The molecule has 0 radical (unpaired) electrons. The molecule has 42 heavy (non-hydrogen) atoms. The third-order valence-corrected chi connectivity index (χ3v) is 7.47. The second-order valence-corrected chi connectivity index (χ2v) is 11.1. The summed E-state index contributed by atoms with van der Waals surface area (Å²) in [5.41, 5.74) is 1.81. The van der Waals surface area contributed by atoms with Crippen LogP contribution in [0.4, 0.5) is 0 Å². The molecule has 8 nitrogen and oxygen atoms in total. The zero-order valence-electron chi connectivity index (χ0n) is 25.8. The molecular weight excluding hydrogens is 536 g/mol. The highest BCUT2D eigenvalue weighted by atomic mass is 16.5. The second kappa shape index (κ2) is 15.6. The molecule has 2 aromatic rings. The molecule has 3 rings (SSSR count). The lowest BCUT2D eigenvalue weighted by molar-refractivity contribution is -0.143. The number of hydrogen-bond donors (Lipinski definition) is 1. The van der Waals surface area contributed by atoms with Gasteiger partial charge < -0.3 is 24.1 Å². The minimum absolute atomic E-state index is 0.00683. The van der Waals surface area contributed by atoms with Crippen LogP contribution in [0.1, 0.15) is 118 Å². The Morgan fingerprint density at radius 3 is 2.24 bits per heavy atom. The highest BCUT2D eigenvalue weighted by molar-refractivity contribution is 6.01. The Balaban J connectivity index is 1.62. The normalized spacial score (nSPS) is 16.0. The zero-order valence-corrected chi connectivity index (χ0v) is 25.8. The van der Waals surface area contributed by atoms with Crippen LogP contribution in [0, 0.1) is 0 Å². The van der Waals surface area contributed by atoms with Gasteiger partial charge in [0.1, 0.15) is 28.6 Å². The first-order chi connectivity index (χ1) is 20.1. The lowest BCUT2D eigenvalue weighted by Gasteiger charge is -2.36. The maximum absolute atomic E-state index is 13.2. The van der Waals surface area contributed by atoms with Crippen molar-refractivity contribution in [1.29, 1.82) is 0 Å². The zero-order chi connectivity index (χ0) is 30.7. The van der Waals surface area contributed by atoms with E-state index in [2.05, 4.69) is 6.92 Å². The van der Waals surface area contributed by atoms with E-state index in [4.69, 9.17) is 18.9 Å². The maximum atomic E-state index is 13.2. The number of fused-ring (bicyclic) bond motifs is 1. The largest absolute Gasteiger partial charge is 0.507 e. The van der Waals surface area contributed by atoms with Crippen LogP contribution >= 0.6 is 0 Å². The first kappa shape index (κ1) is 33.0. The van der Waals surface area contributed by atoms with Crippen molar-refractivity contribution in [2.75, 3.05) is 19.8 Å². The fraction of sp³-hybridized carbons (Fsp3) is 0.559. The summed E-state index contributed by atoms with van der Waals surface area (Å²) < 4.78 is 23.6. The number of unbranched alkanes of at least 4 members (excludes halogenated alkanes) is 1. The van der Waals surface area contributed by atoms with Crippen LogP contribution < -0.4 is 14.2 Å². The minimum Gasteiger partial charge on any atom is -0.507 e. The lowest BCUT2D eigenvalue weighted by atomic mass is 9.86. The number of carbonyl (C=O) groups is 3. The fourth-order valence-corrected chi connectivity index (χ4v) is 5.37. The predicted octanol–water partition coefficient (Wildman–Crippen LogP) is 7.20. The van der Waals surface area contributed by atoms with E-state index in [1.807, 2.05) is 19.9 Å². The molecule has 0 amide bonds. The molecule has 0 bridgehead atoms. The number of hydrogen-bond acceptors (Lipinski definition) is 8. The van der Waals surface area contributed by atoms with Gasteiger partial charge in [0.15, 0.2) is 11.6 Å². The third-order valence-electron chi connectivity index (χ3n) is 7.47. The van der Waals surface area contributed by atoms with Crippen molar-refractivity contribution < 1.29 is 38.4 Å². The van der Waals surface area contributed by atoms with Crippen molar-refractivity contribution in [2.24, 2.45) is 0 Å². The minimum atomic E-state index is -0.649. The van der Waals surface area contributed by atoms with Gasteiger partial charge in [-0.05, 0) is 83.6 Å². The van der Waals surface area contributed by atoms with Crippen LogP contribution in [-0.2, 0) is 22.4 Å². The smallest absolute Gasteiger partial charge is 0.305 e. The van der Waals surface area contributed by atoms with Crippen molar-refractivity contribution in [3.63, 3.8) is 0 Å². The molecule has 1 unspecified atom stereocenters. The highest BCUT2D eigenvalue weighted by Gasteiger charge is 2.38. The van der Waals surface area contributed by atoms with Crippen molar-refractivity contribution in [3.8, 4) is 23.0 Å². The summed E-state index contributed by atoms with van der Waals surface area (Å²) in [7, 11) is 0. The third kappa shape index (κ3) is 8.49. The molecule has 1 heterocycles. The average Bonchev–Trinajstić information content (AvgIpc) is 2.93. The maximum Gasteiger partial charge on any atom is 0.305 e. The molecule has 8 heteroatoms. The number of phenolic OH excluding ortho intramolecular Hbond substituents is 1. The van der Waals surface area contributed by atoms with Gasteiger partial charge in [-0.1, -0.05) is 26.7 Å². The first-order valence-corrected chi connectivity index (χ1v) is 15.3. The number of rotatable bonds is 17. The molecule has 230 valence electrons. The van der Waals surface area contributed by atoms with Gasteiger partial charge in [-0.2, -0.15) is 0 Å². The van der Waals surface area contributed by atoms with Crippen LogP contribution in [0.15, 0.2) is 24.3 Å². The molecule has 2 aromatic carbocycles. The van der Waals surface area contributed by atoms with Gasteiger partial charge in [-0.25, -0.2) is 0 Å². The quantitative estimate of drug-likeness (QED) is 0.119. The molecule has 1 aliphatic heterocycles. The first-order valence-electron chi connectivity index (χ1n) is 15.3. The summed E-state index contributed by atoms with van der Waals surface area (Å²) in [6.07, 6.45) is 6.35. The van der Waals surface area contributed by atoms with E-state index in [1.54, 1.807) is 25.1 Å². The number of carbonyl (C=O) groups excluding carboxylic acids is 3. The number of aromatic hydroxyl groups is 1. The van der Waals surface area contributed by atoms with Crippen LogP contribution in [0.5, 0.6) is 23.0 Å². The van der Waals surface area contributed by atoms with Gasteiger partial charge in [0.2, 0.25) is 0 Å².